The van der Waals surface area contributed by atoms with Crippen LogP contribution in [0.4, 0.5) is 11.5 Å². The van der Waals surface area contributed by atoms with Crippen LogP contribution in [-0.4, -0.2) is 23.2 Å². The number of anilines is 2. The van der Waals surface area contributed by atoms with Crippen LogP contribution in [0.5, 0.6) is 0 Å². The van der Waals surface area contributed by atoms with Gasteiger partial charge in [-0.2, -0.15) is 0 Å². The molecule has 0 bridgehead atoms. The molecule has 0 radical (unpaired) electrons. The zero-order valence-electron chi connectivity index (χ0n) is 9.69. The third-order valence-corrected chi connectivity index (χ3v) is 3.67. The van der Waals surface area contributed by atoms with Crippen LogP contribution in [0, 0.1) is 11.8 Å². The molecule has 2 rings (SSSR count). The summed E-state index contributed by atoms with van der Waals surface area (Å²) < 4.78 is 0. The lowest BCUT2D eigenvalue weighted by Crippen LogP contribution is -2.21. The fourth-order valence-corrected chi connectivity index (χ4v) is 2.62. The van der Waals surface area contributed by atoms with Crippen molar-refractivity contribution in [2.24, 2.45) is 11.8 Å². The van der Waals surface area contributed by atoms with Crippen LogP contribution >= 0.6 is 11.6 Å². The van der Waals surface area contributed by atoms with Gasteiger partial charge in [-0.3, -0.25) is 0 Å². The molecule has 5 heteroatoms. The van der Waals surface area contributed by atoms with E-state index < -0.39 is 0 Å². The van der Waals surface area contributed by atoms with Crippen molar-refractivity contribution in [2.75, 3.05) is 24.2 Å². The number of nitrogens with one attached hydrogen (secondary N) is 1. The van der Waals surface area contributed by atoms with Crippen LogP contribution in [0.25, 0.3) is 0 Å². The lowest BCUT2D eigenvalue weighted by atomic mass is 9.97. The SMILES string of the molecule is Nc1cc(Cl)cnc1NCC1CCCC1CO. The molecule has 1 fully saturated rings. The molecule has 2 atom stereocenters. The summed E-state index contributed by atoms with van der Waals surface area (Å²) in [4.78, 5) is 4.16. The maximum absolute atomic E-state index is 9.24. The summed E-state index contributed by atoms with van der Waals surface area (Å²) in [5.74, 6) is 1.60. The Balaban J connectivity index is 1.93. The molecule has 0 aliphatic heterocycles. The van der Waals surface area contributed by atoms with E-state index in [0.717, 1.165) is 19.4 Å². The van der Waals surface area contributed by atoms with E-state index in [1.54, 1.807) is 12.3 Å². The molecule has 2 unspecified atom stereocenters. The van der Waals surface area contributed by atoms with Gasteiger partial charge in [0, 0.05) is 19.3 Å². The predicted molar refractivity (Wildman–Crippen MR) is 70.1 cm³/mol. The molecule has 1 aromatic rings. The van der Waals surface area contributed by atoms with Gasteiger partial charge in [0.05, 0.1) is 10.7 Å². The Morgan fingerprint density at radius 3 is 2.94 bits per heavy atom. The quantitative estimate of drug-likeness (QED) is 0.771. The highest BCUT2D eigenvalue weighted by molar-refractivity contribution is 6.30. The molecule has 0 aromatic carbocycles. The number of nitrogens with two attached hydrogens (primary N) is 1. The Morgan fingerprint density at radius 1 is 1.47 bits per heavy atom. The molecule has 4 nitrogen and oxygen atoms in total. The molecule has 0 spiro atoms. The molecule has 0 saturated heterocycles. The molecular formula is C12H18ClN3O. The highest BCUT2D eigenvalue weighted by atomic mass is 35.5. The van der Waals surface area contributed by atoms with E-state index in [9.17, 15) is 5.11 Å². The van der Waals surface area contributed by atoms with E-state index in [2.05, 4.69) is 10.3 Å². The van der Waals surface area contributed by atoms with Crippen LogP contribution in [0.2, 0.25) is 5.02 Å². The number of aromatic nitrogens is 1. The summed E-state index contributed by atoms with van der Waals surface area (Å²) in [5.41, 5.74) is 6.38. The van der Waals surface area contributed by atoms with Gasteiger partial charge in [0.1, 0.15) is 5.82 Å². The largest absolute Gasteiger partial charge is 0.396 e. The second-order valence-electron chi connectivity index (χ2n) is 4.61. The molecule has 1 saturated carbocycles. The van der Waals surface area contributed by atoms with Crippen molar-refractivity contribution < 1.29 is 5.11 Å². The van der Waals surface area contributed by atoms with Crippen molar-refractivity contribution >= 4 is 23.1 Å². The second kappa shape index (κ2) is 5.56. The maximum atomic E-state index is 9.24. The monoisotopic (exact) mass is 255 g/mol. The average molecular weight is 256 g/mol. The first kappa shape index (κ1) is 12.5. The van der Waals surface area contributed by atoms with Crippen molar-refractivity contribution in [3.63, 3.8) is 0 Å². The number of nitrogen functional groups attached to an aromatic ring is 1. The Kier molecular flexibility index (Phi) is 4.07. The Labute approximate surface area is 106 Å². The predicted octanol–water partition coefficient (Wildman–Crippen LogP) is 2.14. The minimum atomic E-state index is 0.274. The minimum absolute atomic E-state index is 0.274. The Morgan fingerprint density at radius 2 is 2.24 bits per heavy atom. The molecule has 0 amide bonds. The van der Waals surface area contributed by atoms with Gasteiger partial charge in [0.2, 0.25) is 0 Å². The lowest BCUT2D eigenvalue weighted by Gasteiger charge is -2.18. The first-order valence-electron chi connectivity index (χ1n) is 5.96. The maximum Gasteiger partial charge on any atom is 0.149 e. The number of hydrogen-bond donors (Lipinski definition) is 3. The smallest absolute Gasteiger partial charge is 0.149 e. The molecule has 1 aromatic heterocycles. The molecule has 1 heterocycles. The van der Waals surface area contributed by atoms with Crippen molar-refractivity contribution in [3.05, 3.63) is 17.3 Å². The normalized spacial score (nSPS) is 23.9. The van der Waals surface area contributed by atoms with E-state index in [4.69, 9.17) is 17.3 Å². The van der Waals surface area contributed by atoms with Gasteiger partial charge < -0.3 is 16.2 Å². The summed E-state index contributed by atoms with van der Waals surface area (Å²) in [6, 6.07) is 1.69. The highest BCUT2D eigenvalue weighted by Gasteiger charge is 2.26. The first-order valence-corrected chi connectivity index (χ1v) is 6.34. The number of aliphatic hydroxyl groups excluding tert-OH is 1. The third kappa shape index (κ3) is 3.01. The summed E-state index contributed by atoms with van der Waals surface area (Å²) in [5, 5.41) is 13.0. The van der Waals surface area contributed by atoms with Gasteiger partial charge in [0.25, 0.3) is 0 Å². The number of pyridine rings is 1. The van der Waals surface area contributed by atoms with Crippen LogP contribution < -0.4 is 11.1 Å². The minimum Gasteiger partial charge on any atom is -0.396 e. The standard InChI is InChI=1S/C12H18ClN3O/c13-10-4-11(14)12(16-6-10)15-5-8-2-1-3-9(8)7-17/h4,6,8-9,17H,1-3,5,7,14H2,(H,15,16). The van der Waals surface area contributed by atoms with Gasteiger partial charge in [0.15, 0.2) is 0 Å². The van der Waals surface area contributed by atoms with E-state index in [1.807, 2.05) is 0 Å². The zero-order valence-corrected chi connectivity index (χ0v) is 10.5. The van der Waals surface area contributed by atoms with Crippen molar-refractivity contribution in [1.82, 2.24) is 4.98 Å². The van der Waals surface area contributed by atoms with Gasteiger partial charge in [-0.1, -0.05) is 18.0 Å². The molecule has 4 N–H and O–H groups in total. The fourth-order valence-electron chi connectivity index (χ4n) is 2.45. The zero-order chi connectivity index (χ0) is 12.3. The number of hydrogen-bond acceptors (Lipinski definition) is 4. The van der Waals surface area contributed by atoms with E-state index in [0.29, 0.717) is 28.4 Å². The number of halogens is 1. The number of rotatable bonds is 4. The van der Waals surface area contributed by atoms with Gasteiger partial charge >= 0.3 is 0 Å². The van der Waals surface area contributed by atoms with Crippen LogP contribution in [0.3, 0.4) is 0 Å². The average Bonchev–Trinajstić information content (AvgIpc) is 2.75. The molecule has 94 valence electrons. The highest BCUT2D eigenvalue weighted by Crippen LogP contribution is 2.31. The summed E-state index contributed by atoms with van der Waals surface area (Å²) in [7, 11) is 0. The number of nitrogens with zero attached hydrogens (tertiary/aromatic N) is 1. The van der Waals surface area contributed by atoms with Crippen molar-refractivity contribution in [3.8, 4) is 0 Å². The summed E-state index contributed by atoms with van der Waals surface area (Å²) in [6.45, 7) is 1.08. The summed E-state index contributed by atoms with van der Waals surface area (Å²) >= 11 is 5.79. The van der Waals surface area contributed by atoms with Crippen molar-refractivity contribution in [2.45, 2.75) is 19.3 Å². The van der Waals surface area contributed by atoms with E-state index in [1.165, 1.54) is 6.42 Å². The first-order chi connectivity index (χ1) is 8.20. The van der Waals surface area contributed by atoms with Crippen molar-refractivity contribution in [1.29, 1.82) is 0 Å². The molecule has 1 aliphatic rings. The van der Waals surface area contributed by atoms with Gasteiger partial charge in [-0.05, 0) is 30.7 Å². The molecule has 17 heavy (non-hydrogen) atoms. The lowest BCUT2D eigenvalue weighted by molar-refractivity contribution is 0.199. The topological polar surface area (TPSA) is 71.2 Å². The Bertz CT molecular complexity index is 386. The third-order valence-electron chi connectivity index (χ3n) is 3.47. The van der Waals surface area contributed by atoms with E-state index >= 15 is 0 Å². The molecular weight excluding hydrogens is 238 g/mol. The fraction of sp³-hybridized carbons (Fsp3) is 0.583. The van der Waals surface area contributed by atoms with Gasteiger partial charge in [-0.15, -0.1) is 0 Å². The number of aliphatic hydroxyl groups is 1. The summed E-state index contributed by atoms with van der Waals surface area (Å²) in [6.07, 6.45) is 5.05. The second-order valence-corrected chi connectivity index (χ2v) is 5.04. The van der Waals surface area contributed by atoms with Crippen LogP contribution in [-0.2, 0) is 0 Å². The molecule has 1 aliphatic carbocycles. The Hall–Kier alpha value is -1.00. The van der Waals surface area contributed by atoms with Crippen LogP contribution in [0.1, 0.15) is 19.3 Å². The van der Waals surface area contributed by atoms with Gasteiger partial charge in [-0.25, -0.2) is 4.98 Å². The van der Waals surface area contributed by atoms with Crippen LogP contribution in [0.15, 0.2) is 12.3 Å². The van der Waals surface area contributed by atoms with E-state index in [-0.39, 0.29) is 6.61 Å².